The smallest absolute Gasteiger partial charge is 0.255 e. The Labute approximate surface area is 145 Å². The molecule has 6 heteroatoms. The van der Waals surface area contributed by atoms with Crippen LogP contribution >= 0.6 is 15.9 Å². The molecule has 0 N–H and O–H groups in total. The standard InChI is InChI=1S/C17H23BrN2O3/c1-19(10-11-23-2)16(21)13-6-5-9-20(12-13)17(22)14-7-3-4-8-15(14)18/h3-4,7-8,13H,5-6,9-12H2,1-2H3. The average Bonchev–Trinajstić information content (AvgIpc) is 2.59. The van der Waals surface area contributed by atoms with Gasteiger partial charge in [0.2, 0.25) is 5.91 Å². The first-order valence-corrected chi connectivity index (χ1v) is 8.61. The number of benzene rings is 1. The molecule has 0 radical (unpaired) electrons. The van der Waals surface area contributed by atoms with Gasteiger partial charge in [0.25, 0.3) is 5.91 Å². The van der Waals surface area contributed by atoms with Gasteiger partial charge in [-0.1, -0.05) is 12.1 Å². The molecule has 2 rings (SSSR count). The first-order valence-electron chi connectivity index (χ1n) is 7.82. The van der Waals surface area contributed by atoms with Crippen LogP contribution in [0, 0.1) is 5.92 Å². The first kappa shape index (κ1) is 17.9. The van der Waals surface area contributed by atoms with E-state index in [4.69, 9.17) is 4.74 Å². The van der Waals surface area contributed by atoms with Crippen molar-refractivity contribution < 1.29 is 14.3 Å². The maximum absolute atomic E-state index is 12.7. The minimum Gasteiger partial charge on any atom is -0.383 e. The Bertz CT molecular complexity index is 565. The van der Waals surface area contributed by atoms with Crippen molar-refractivity contribution in [2.24, 2.45) is 5.92 Å². The van der Waals surface area contributed by atoms with Crippen molar-refractivity contribution in [2.75, 3.05) is 40.4 Å². The number of likely N-dealkylation sites (N-methyl/N-ethyl adjacent to an activating group) is 1. The van der Waals surface area contributed by atoms with Crippen molar-refractivity contribution in [2.45, 2.75) is 12.8 Å². The predicted octanol–water partition coefficient (Wildman–Crippen LogP) is 2.41. The molecule has 23 heavy (non-hydrogen) atoms. The maximum Gasteiger partial charge on any atom is 0.255 e. The fourth-order valence-electron chi connectivity index (χ4n) is 2.82. The van der Waals surface area contributed by atoms with Gasteiger partial charge in [-0.05, 0) is 40.9 Å². The second-order valence-electron chi connectivity index (χ2n) is 5.82. The van der Waals surface area contributed by atoms with Gasteiger partial charge in [-0.25, -0.2) is 0 Å². The van der Waals surface area contributed by atoms with Crippen LogP contribution in [0.15, 0.2) is 28.7 Å². The fourth-order valence-corrected chi connectivity index (χ4v) is 3.27. The molecule has 1 atom stereocenters. The molecule has 5 nitrogen and oxygen atoms in total. The van der Waals surface area contributed by atoms with Crippen LogP contribution in [0.2, 0.25) is 0 Å². The Hall–Kier alpha value is -1.40. The monoisotopic (exact) mass is 382 g/mol. The van der Waals surface area contributed by atoms with Crippen LogP contribution in [0.4, 0.5) is 0 Å². The molecule has 126 valence electrons. The number of amides is 2. The molecule has 0 saturated carbocycles. The predicted molar refractivity (Wildman–Crippen MR) is 92.3 cm³/mol. The van der Waals surface area contributed by atoms with E-state index < -0.39 is 0 Å². The van der Waals surface area contributed by atoms with Crippen LogP contribution in [-0.2, 0) is 9.53 Å². The third kappa shape index (κ3) is 4.54. The number of ether oxygens (including phenoxy) is 1. The lowest BCUT2D eigenvalue weighted by Gasteiger charge is -2.34. The number of nitrogens with zero attached hydrogens (tertiary/aromatic N) is 2. The van der Waals surface area contributed by atoms with Crippen LogP contribution in [0.5, 0.6) is 0 Å². The summed E-state index contributed by atoms with van der Waals surface area (Å²) in [4.78, 5) is 28.7. The van der Waals surface area contributed by atoms with E-state index in [1.54, 1.807) is 24.0 Å². The molecule has 1 fully saturated rings. The van der Waals surface area contributed by atoms with Crippen LogP contribution < -0.4 is 0 Å². The summed E-state index contributed by atoms with van der Waals surface area (Å²) in [6, 6.07) is 7.40. The highest BCUT2D eigenvalue weighted by Crippen LogP contribution is 2.23. The summed E-state index contributed by atoms with van der Waals surface area (Å²) in [5, 5.41) is 0. The van der Waals surface area contributed by atoms with Crippen molar-refractivity contribution in [3.63, 3.8) is 0 Å². The van der Waals surface area contributed by atoms with Gasteiger partial charge in [-0.15, -0.1) is 0 Å². The summed E-state index contributed by atoms with van der Waals surface area (Å²) in [7, 11) is 3.41. The van der Waals surface area contributed by atoms with Crippen LogP contribution in [0.3, 0.4) is 0 Å². The Kier molecular flexibility index (Phi) is 6.59. The average molecular weight is 383 g/mol. The molecule has 0 bridgehead atoms. The largest absolute Gasteiger partial charge is 0.383 e. The Balaban J connectivity index is 2.02. The van der Waals surface area contributed by atoms with Crippen LogP contribution in [0.25, 0.3) is 0 Å². The molecule has 1 saturated heterocycles. The lowest BCUT2D eigenvalue weighted by atomic mass is 9.96. The SMILES string of the molecule is COCCN(C)C(=O)C1CCCN(C(=O)c2ccccc2Br)C1. The summed E-state index contributed by atoms with van der Waals surface area (Å²) in [6.07, 6.45) is 1.68. The number of piperidine rings is 1. The van der Waals surface area contributed by atoms with Crippen molar-refractivity contribution in [1.82, 2.24) is 9.80 Å². The lowest BCUT2D eigenvalue weighted by molar-refractivity contribution is -0.136. The number of likely N-dealkylation sites (tertiary alicyclic amines) is 1. The normalized spacial score (nSPS) is 17.9. The highest BCUT2D eigenvalue weighted by Gasteiger charge is 2.30. The molecule has 1 aromatic rings. The van der Waals surface area contributed by atoms with Crippen molar-refractivity contribution >= 4 is 27.7 Å². The highest BCUT2D eigenvalue weighted by molar-refractivity contribution is 9.10. The highest BCUT2D eigenvalue weighted by atomic mass is 79.9. The summed E-state index contributed by atoms with van der Waals surface area (Å²) >= 11 is 3.42. The number of hydrogen-bond donors (Lipinski definition) is 0. The number of carbonyl (C=O) groups excluding carboxylic acids is 2. The van der Waals surface area contributed by atoms with Crippen molar-refractivity contribution in [1.29, 1.82) is 0 Å². The number of carbonyl (C=O) groups is 2. The van der Waals surface area contributed by atoms with Crippen LogP contribution in [0.1, 0.15) is 23.2 Å². The van der Waals surface area contributed by atoms with E-state index in [2.05, 4.69) is 15.9 Å². The number of rotatable bonds is 5. The summed E-state index contributed by atoms with van der Waals surface area (Å²) in [5.74, 6) is -0.0572. The van der Waals surface area contributed by atoms with Crippen LogP contribution in [-0.4, -0.2) is 62.0 Å². The quantitative estimate of drug-likeness (QED) is 0.785. The second kappa shape index (κ2) is 8.45. The molecular formula is C17H23BrN2O3. The van der Waals surface area contributed by atoms with Gasteiger partial charge in [-0.3, -0.25) is 9.59 Å². The van der Waals surface area contributed by atoms with Gasteiger partial charge in [0, 0.05) is 38.3 Å². The van der Waals surface area contributed by atoms with E-state index in [0.29, 0.717) is 31.8 Å². The molecular weight excluding hydrogens is 360 g/mol. The topological polar surface area (TPSA) is 49.9 Å². The van der Waals surface area contributed by atoms with E-state index in [0.717, 1.165) is 17.3 Å². The fraction of sp³-hybridized carbons (Fsp3) is 0.529. The molecule has 1 heterocycles. The molecule has 0 aromatic heterocycles. The molecule has 0 spiro atoms. The minimum absolute atomic E-state index is 0.0190. The molecule has 1 aromatic carbocycles. The number of methoxy groups -OCH3 is 1. The van der Waals surface area contributed by atoms with Crippen molar-refractivity contribution in [3.05, 3.63) is 34.3 Å². The van der Waals surface area contributed by atoms with Gasteiger partial charge in [-0.2, -0.15) is 0 Å². The maximum atomic E-state index is 12.7. The Morgan fingerprint density at radius 3 is 2.83 bits per heavy atom. The van der Waals surface area contributed by atoms with E-state index >= 15 is 0 Å². The summed E-state index contributed by atoms with van der Waals surface area (Å²) in [6.45, 7) is 2.28. The van der Waals surface area contributed by atoms with E-state index in [-0.39, 0.29) is 17.7 Å². The Morgan fingerprint density at radius 1 is 1.39 bits per heavy atom. The third-order valence-electron chi connectivity index (χ3n) is 4.17. The number of halogens is 1. The zero-order valence-electron chi connectivity index (χ0n) is 13.6. The van der Waals surface area contributed by atoms with Gasteiger partial charge < -0.3 is 14.5 Å². The van der Waals surface area contributed by atoms with E-state index in [1.165, 1.54) is 0 Å². The van der Waals surface area contributed by atoms with Gasteiger partial charge in [0.1, 0.15) is 0 Å². The Morgan fingerprint density at radius 2 is 2.13 bits per heavy atom. The van der Waals surface area contributed by atoms with Crippen molar-refractivity contribution in [3.8, 4) is 0 Å². The first-order chi connectivity index (χ1) is 11.0. The molecule has 1 aliphatic heterocycles. The zero-order chi connectivity index (χ0) is 16.8. The summed E-state index contributed by atoms with van der Waals surface area (Å²) < 4.78 is 5.80. The van der Waals surface area contributed by atoms with Gasteiger partial charge in [0.05, 0.1) is 18.1 Å². The third-order valence-corrected chi connectivity index (χ3v) is 4.86. The summed E-state index contributed by atoms with van der Waals surface area (Å²) in [5.41, 5.74) is 0.647. The zero-order valence-corrected chi connectivity index (χ0v) is 15.2. The van der Waals surface area contributed by atoms with Gasteiger partial charge in [0.15, 0.2) is 0 Å². The van der Waals surface area contributed by atoms with E-state index in [1.807, 2.05) is 24.3 Å². The second-order valence-corrected chi connectivity index (χ2v) is 6.68. The molecule has 2 amide bonds. The number of hydrogen-bond acceptors (Lipinski definition) is 3. The minimum atomic E-state index is -0.128. The molecule has 1 aliphatic rings. The van der Waals surface area contributed by atoms with Gasteiger partial charge >= 0.3 is 0 Å². The lowest BCUT2D eigenvalue weighted by Crippen LogP contribution is -2.46. The molecule has 1 unspecified atom stereocenters. The molecule has 0 aliphatic carbocycles. The van der Waals surface area contributed by atoms with E-state index in [9.17, 15) is 9.59 Å².